The first-order valence-electron chi connectivity index (χ1n) is 6.49. The van der Waals surface area contributed by atoms with Gasteiger partial charge in [-0.3, -0.25) is 19.6 Å². The molecule has 7 heteroatoms. The minimum atomic E-state index is -1.24. The van der Waals surface area contributed by atoms with Gasteiger partial charge in [-0.1, -0.05) is 0 Å². The van der Waals surface area contributed by atoms with E-state index in [-0.39, 0.29) is 0 Å². The quantitative estimate of drug-likeness (QED) is 0.476. The molecule has 0 atom stereocenters. The molecule has 0 N–H and O–H groups in total. The molecule has 0 saturated carbocycles. The van der Waals surface area contributed by atoms with Crippen LogP contribution in [0.2, 0.25) is 0 Å². The van der Waals surface area contributed by atoms with Crippen LogP contribution in [0.5, 0.6) is 5.75 Å². The summed E-state index contributed by atoms with van der Waals surface area (Å²) in [4.78, 5) is 31.5. The third-order valence-electron chi connectivity index (χ3n) is 2.58. The van der Waals surface area contributed by atoms with E-state index in [1.54, 1.807) is 12.3 Å². The van der Waals surface area contributed by atoms with Crippen LogP contribution >= 0.6 is 0 Å². The Hall–Kier alpha value is -2.44. The Morgan fingerprint density at radius 2 is 2.00 bits per heavy atom. The highest BCUT2D eigenvalue weighted by Crippen LogP contribution is 2.23. The van der Waals surface area contributed by atoms with Crippen LogP contribution in [-0.4, -0.2) is 35.5 Å². The summed E-state index contributed by atoms with van der Waals surface area (Å²) in [6.45, 7) is 5.34. The summed E-state index contributed by atoms with van der Waals surface area (Å²) in [5.74, 6) is -3.23. The monoisotopic (exact) mass is 292 g/mol. The van der Waals surface area contributed by atoms with E-state index in [1.165, 1.54) is 26.3 Å². The van der Waals surface area contributed by atoms with Crippen molar-refractivity contribution in [2.45, 2.75) is 26.6 Å². The van der Waals surface area contributed by atoms with Crippen molar-refractivity contribution in [2.75, 3.05) is 6.61 Å². The van der Waals surface area contributed by atoms with Gasteiger partial charge in [-0.15, -0.1) is 0 Å². The molecule has 0 amide bonds. The molecule has 1 aliphatic rings. The maximum absolute atomic E-state index is 11.8. The molecule has 7 nitrogen and oxygen atoms in total. The summed E-state index contributed by atoms with van der Waals surface area (Å²) in [6, 6.07) is 1.65. The molecule has 1 aromatic heterocycles. The van der Waals surface area contributed by atoms with Gasteiger partial charge < -0.3 is 14.2 Å². The van der Waals surface area contributed by atoms with Gasteiger partial charge in [-0.2, -0.15) is 0 Å². The Balaban J connectivity index is 2.12. The predicted molar refractivity (Wildman–Crippen MR) is 73.3 cm³/mol. The van der Waals surface area contributed by atoms with Crippen molar-refractivity contribution in [3.05, 3.63) is 18.5 Å². The predicted octanol–water partition coefficient (Wildman–Crippen LogP) is 1.63. The van der Waals surface area contributed by atoms with Gasteiger partial charge in [0.25, 0.3) is 5.79 Å². The molecular formula is C14H16N2O5. The Kier molecular flexibility index (Phi) is 4.21. The molecule has 0 radical (unpaired) electrons. The lowest BCUT2D eigenvalue weighted by molar-refractivity contribution is -0.235. The molecule has 0 aromatic carbocycles. The Morgan fingerprint density at radius 1 is 1.33 bits per heavy atom. The summed E-state index contributed by atoms with van der Waals surface area (Å²) in [6.07, 6.45) is 4.23. The zero-order valence-corrected chi connectivity index (χ0v) is 12.0. The summed E-state index contributed by atoms with van der Waals surface area (Å²) >= 11 is 0. The van der Waals surface area contributed by atoms with Crippen LogP contribution in [0.15, 0.2) is 23.5 Å². The highest BCUT2D eigenvalue weighted by molar-refractivity contribution is 6.10. The van der Waals surface area contributed by atoms with E-state index >= 15 is 0 Å². The van der Waals surface area contributed by atoms with Crippen molar-refractivity contribution in [1.82, 2.24) is 4.98 Å². The number of carbonyl (C=O) groups excluding carboxylic acids is 2. The SMILES string of the molecule is CCOc1cncc(N=CC2C(=O)OC(C)(C)OC2=O)c1. The first kappa shape index (κ1) is 15.0. The van der Waals surface area contributed by atoms with E-state index < -0.39 is 23.6 Å². The molecule has 1 saturated heterocycles. The van der Waals surface area contributed by atoms with Gasteiger partial charge in [-0.25, -0.2) is 0 Å². The van der Waals surface area contributed by atoms with E-state index in [9.17, 15) is 9.59 Å². The average molecular weight is 292 g/mol. The molecule has 112 valence electrons. The van der Waals surface area contributed by atoms with E-state index in [0.717, 1.165) is 0 Å². The standard InChI is InChI=1S/C14H16N2O5/c1-4-19-10-5-9(6-15-7-10)16-8-11-12(17)20-14(2,3)21-13(11)18/h5-8,11H,4H2,1-3H3. The number of hydrogen-bond acceptors (Lipinski definition) is 7. The third kappa shape index (κ3) is 3.77. The van der Waals surface area contributed by atoms with Crippen molar-refractivity contribution < 1.29 is 23.8 Å². The van der Waals surface area contributed by atoms with Gasteiger partial charge in [0.2, 0.25) is 0 Å². The number of rotatable bonds is 4. The number of nitrogens with zero attached hydrogens (tertiary/aromatic N) is 2. The first-order chi connectivity index (χ1) is 9.91. The van der Waals surface area contributed by atoms with E-state index in [2.05, 4.69) is 9.98 Å². The van der Waals surface area contributed by atoms with Gasteiger partial charge in [0.05, 0.1) is 24.7 Å². The highest BCUT2D eigenvalue weighted by Gasteiger charge is 2.42. The van der Waals surface area contributed by atoms with Gasteiger partial charge in [0.1, 0.15) is 5.75 Å². The smallest absolute Gasteiger partial charge is 0.329 e. The van der Waals surface area contributed by atoms with Crippen LogP contribution in [0.1, 0.15) is 20.8 Å². The van der Waals surface area contributed by atoms with Crippen LogP contribution in [0, 0.1) is 5.92 Å². The number of cyclic esters (lactones) is 2. The fourth-order valence-corrected chi connectivity index (χ4v) is 1.73. The van der Waals surface area contributed by atoms with Gasteiger partial charge in [0, 0.05) is 26.1 Å². The Morgan fingerprint density at radius 3 is 2.62 bits per heavy atom. The topological polar surface area (TPSA) is 87.1 Å². The second-order valence-electron chi connectivity index (χ2n) is 4.81. The summed E-state index contributed by atoms with van der Waals surface area (Å²) in [5, 5.41) is 0. The molecule has 1 aliphatic heterocycles. The zero-order chi connectivity index (χ0) is 15.5. The molecule has 2 heterocycles. The lowest BCUT2D eigenvalue weighted by Gasteiger charge is -2.31. The number of carbonyl (C=O) groups is 2. The van der Waals surface area contributed by atoms with E-state index in [1.807, 2.05) is 6.92 Å². The number of hydrogen-bond donors (Lipinski definition) is 0. The van der Waals surface area contributed by atoms with Gasteiger partial charge in [-0.05, 0) is 6.92 Å². The first-order valence-corrected chi connectivity index (χ1v) is 6.49. The Labute approximate surface area is 121 Å². The lowest BCUT2D eigenvalue weighted by Crippen LogP contribution is -2.46. The minimum absolute atomic E-state index is 0.464. The second-order valence-corrected chi connectivity index (χ2v) is 4.81. The molecule has 2 rings (SSSR count). The molecule has 0 bridgehead atoms. The fraction of sp³-hybridized carbons (Fsp3) is 0.429. The van der Waals surface area contributed by atoms with Crippen molar-refractivity contribution >= 4 is 23.8 Å². The van der Waals surface area contributed by atoms with Crippen LogP contribution in [-0.2, 0) is 19.1 Å². The maximum Gasteiger partial charge on any atom is 0.329 e. The van der Waals surface area contributed by atoms with Crippen molar-refractivity contribution in [1.29, 1.82) is 0 Å². The van der Waals surface area contributed by atoms with Crippen molar-refractivity contribution in [2.24, 2.45) is 10.9 Å². The van der Waals surface area contributed by atoms with E-state index in [4.69, 9.17) is 14.2 Å². The minimum Gasteiger partial charge on any atom is -0.492 e. The van der Waals surface area contributed by atoms with Crippen LogP contribution < -0.4 is 4.74 Å². The summed E-state index contributed by atoms with van der Waals surface area (Å²) in [7, 11) is 0. The van der Waals surface area contributed by atoms with Gasteiger partial charge >= 0.3 is 11.9 Å². The largest absolute Gasteiger partial charge is 0.492 e. The maximum atomic E-state index is 11.8. The van der Waals surface area contributed by atoms with Crippen molar-refractivity contribution in [3.63, 3.8) is 0 Å². The molecule has 0 aliphatic carbocycles. The zero-order valence-electron chi connectivity index (χ0n) is 12.0. The summed E-state index contributed by atoms with van der Waals surface area (Å²) in [5.41, 5.74) is 0.464. The molecule has 21 heavy (non-hydrogen) atoms. The average Bonchev–Trinajstić information content (AvgIpc) is 2.37. The van der Waals surface area contributed by atoms with Crippen molar-refractivity contribution in [3.8, 4) is 5.75 Å². The van der Waals surface area contributed by atoms with Crippen LogP contribution in [0.25, 0.3) is 0 Å². The number of aliphatic imine (C=N–C) groups is 1. The number of esters is 2. The molecule has 1 aromatic rings. The molecule has 0 spiro atoms. The number of aromatic nitrogens is 1. The molecular weight excluding hydrogens is 276 g/mol. The normalized spacial score (nSPS) is 18.4. The highest BCUT2D eigenvalue weighted by atomic mass is 16.7. The van der Waals surface area contributed by atoms with Crippen LogP contribution in [0.3, 0.4) is 0 Å². The van der Waals surface area contributed by atoms with Crippen LogP contribution in [0.4, 0.5) is 5.69 Å². The van der Waals surface area contributed by atoms with E-state index in [0.29, 0.717) is 18.0 Å². The lowest BCUT2D eigenvalue weighted by atomic mass is 10.1. The molecule has 0 unspecified atom stereocenters. The Bertz CT molecular complexity index is 562. The number of ether oxygens (including phenoxy) is 3. The van der Waals surface area contributed by atoms with Gasteiger partial charge in [0.15, 0.2) is 5.92 Å². The summed E-state index contributed by atoms with van der Waals surface area (Å²) < 4.78 is 15.3. The fourth-order valence-electron chi connectivity index (χ4n) is 1.73. The molecule has 1 fully saturated rings. The second kappa shape index (κ2) is 5.90. The third-order valence-corrected chi connectivity index (χ3v) is 2.58. The number of pyridine rings is 1.